The molecule has 3 rings (SSSR count). The van der Waals surface area contributed by atoms with Crippen LogP contribution < -0.4 is 10.3 Å². The first-order chi connectivity index (χ1) is 12.6. The number of carbonyl (C=O) groups is 1. The molecular formula is C20H20N2O4. The minimum atomic E-state index is -0.436. The molecule has 0 aliphatic carbocycles. The predicted octanol–water partition coefficient (Wildman–Crippen LogP) is 2.72. The second kappa shape index (κ2) is 8.29. The van der Waals surface area contributed by atoms with Crippen LogP contribution in [0.25, 0.3) is 10.9 Å². The summed E-state index contributed by atoms with van der Waals surface area (Å²) >= 11 is 0. The topological polar surface area (TPSA) is 70.4 Å². The van der Waals surface area contributed by atoms with E-state index >= 15 is 0 Å². The fraction of sp³-hybridized carbons (Fsp3) is 0.250. The Morgan fingerprint density at radius 1 is 1.12 bits per heavy atom. The minimum absolute atomic E-state index is 0.0929. The van der Waals surface area contributed by atoms with E-state index in [0.29, 0.717) is 29.6 Å². The summed E-state index contributed by atoms with van der Waals surface area (Å²) in [5, 5.41) is 0.582. The summed E-state index contributed by atoms with van der Waals surface area (Å²) in [4.78, 5) is 28.3. The number of carbonyl (C=O) groups excluding carboxylic acids is 1. The van der Waals surface area contributed by atoms with Crippen molar-refractivity contribution in [1.82, 2.24) is 9.55 Å². The number of ether oxygens (including phenoxy) is 2. The van der Waals surface area contributed by atoms with Crippen LogP contribution in [0.3, 0.4) is 0 Å². The molecule has 0 aliphatic rings. The molecule has 0 aliphatic heterocycles. The average Bonchev–Trinajstić information content (AvgIpc) is 2.66. The van der Waals surface area contributed by atoms with Crippen molar-refractivity contribution in [2.24, 2.45) is 0 Å². The first kappa shape index (κ1) is 17.7. The van der Waals surface area contributed by atoms with Gasteiger partial charge in [0.05, 0.1) is 23.8 Å². The van der Waals surface area contributed by atoms with Gasteiger partial charge in [-0.25, -0.2) is 9.78 Å². The van der Waals surface area contributed by atoms with E-state index in [2.05, 4.69) is 4.98 Å². The van der Waals surface area contributed by atoms with Gasteiger partial charge in [0, 0.05) is 6.54 Å². The molecule has 0 spiro atoms. The Balaban J connectivity index is 1.44. The number of benzene rings is 2. The number of fused-ring (bicyclic) bond motifs is 1. The van der Waals surface area contributed by atoms with Gasteiger partial charge >= 0.3 is 5.97 Å². The third-order valence-electron chi connectivity index (χ3n) is 3.92. The zero-order valence-electron chi connectivity index (χ0n) is 14.6. The van der Waals surface area contributed by atoms with Crippen LogP contribution in [0.4, 0.5) is 0 Å². The van der Waals surface area contributed by atoms with Crippen molar-refractivity contribution in [2.45, 2.75) is 19.9 Å². The van der Waals surface area contributed by atoms with Gasteiger partial charge in [-0.2, -0.15) is 0 Å². The Kier molecular flexibility index (Phi) is 5.63. The lowest BCUT2D eigenvalue weighted by atomic mass is 10.2. The number of hydrogen-bond acceptors (Lipinski definition) is 5. The Morgan fingerprint density at radius 2 is 1.88 bits per heavy atom. The van der Waals surface area contributed by atoms with Crippen molar-refractivity contribution in [3.05, 3.63) is 70.8 Å². The van der Waals surface area contributed by atoms with Gasteiger partial charge in [-0.3, -0.25) is 9.36 Å². The molecule has 0 amide bonds. The van der Waals surface area contributed by atoms with Gasteiger partial charge in [0.1, 0.15) is 5.75 Å². The van der Waals surface area contributed by atoms with Crippen LogP contribution in [0.2, 0.25) is 0 Å². The van der Waals surface area contributed by atoms with Crippen molar-refractivity contribution in [2.75, 3.05) is 13.2 Å². The molecule has 0 fully saturated rings. The molecule has 3 aromatic rings. The molecule has 26 heavy (non-hydrogen) atoms. The van der Waals surface area contributed by atoms with Gasteiger partial charge in [0.25, 0.3) is 5.56 Å². The lowest BCUT2D eigenvalue weighted by molar-refractivity contribution is -0.146. The number of para-hydroxylation sites is 1. The van der Waals surface area contributed by atoms with Crippen LogP contribution in [-0.2, 0) is 16.1 Å². The highest BCUT2D eigenvalue weighted by Gasteiger charge is 2.06. The van der Waals surface area contributed by atoms with Crippen LogP contribution in [-0.4, -0.2) is 28.7 Å². The molecule has 134 valence electrons. The Bertz CT molecular complexity index is 948. The minimum Gasteiger partial charge on any atom is -0.482 e. The molecule has 1 heterocycles. The SMILES string of the molecule is Cc1ccc(OCC(=O)OCCCn2cnc3ccccc3c2=O)cc1. The second-order valence-electron chi connectivity index (χ2n) is 5.94. The molecule has 6 heteroatoms. The van der Waals surface area contributed by atoms with Crippen molar-refractivity contribution < 1.29 is 14.3 Å². The molecule has 0 saturated heterocycles. The molecule has 0 N–H and O–H groups in total. The van der Waals surface area contributed by atoms with E-state index in [0.717, 1.165) is 5.56 Å². The van der Waals surface area contributed by atoms with Crippen molar-refractivity contribution in [3.8, 4) is 5.75 Å². The summed E-state index contributed by atoms with van der Waals surface area (Å²) in [7, 11) is 0. The van der Waals surface area contributed by atoms with Gasteiger partial charge in [-0.05, 0) is 37.6 Å². The lowest BCUT2D eigenvalue weighted by Crippen LogP contribution is -2.22. The van der Waals surface area contributed by atoms with E-state index in [1.165, 1.54) is 10.9 Å². The second-order valence-corrected chi connectivity index (χ2v) is 5.94. The summed E-state index contributed by atoms with van der Waals surface area (Å²) in [6.45, 7) is 2.49. The van der Waals surface area contributed by atoms with Gasteiger partial charge in [0.15, 0.2) is 6.61 Å². The molecule has 6 nitrogen and oxygen atoms in total. The molecule has 1 aromatic heterocycles. The quantitative estimate of drug-likeness (QED) is 0.483. The zero-order valence-corrected chi connectivity index (χ0v) is 14.6. The number of esters is 1. The summed E-state index contributed by atoms with van der Waals surface area (Å²) in [5.74, 6) is 0.191. The van der Waals surface area contributed by atoms with Crippen LogP contribution >= 0.6 is 0 Å². The molecule has 0 radical (unpaired) electrons. The molecule has 0 saturated carbocycles. The summed E-state index contributed by atoms with van der Waals surface area (Å²) in [6.07, 6.45) is 2.04. The maximum absolute atomic E-state index is 12.3. The Hall–Kier alpha value is -3.15. The fourth-order valence-corrected chi connectivity index (χ4v) is 2.50. The van der Waals surface area contributed by atoms with E-state index in [1.54, 1.807) is 12.1 Å². The van der Waals surface area contributed by atoms with E-state index in [4.69, 9.17) is 9.47 Å². The maximum atomic E-state index is 12.3. The third kappa shape index (κ3) is 4.47. The van der Waals surface area contributed by atoms with Crippen molar-refractivity contribution in [3.63, 3.8) is 0 Å². The maximum Gasteiger partial charge on any atom is 0.344 e. The molecule has 0 bridgehead atoms. The monoisotopic (exact) mass is 352 g/mol. The normalized spacial score (nSPS) is 10.7. The number of nitrogens with zero attached hydrogens (tertiary/aromatic N) is 2. The largest absolute Gasteiger partial charge is 0.482 e. The zero-order chi connectivity index (χ0) is 18.4. The third-order valence-corrected chi connectivity index (χ3v) is 3.92. The summed E-state index contributed by atoms with van der Waals surface area (Å²) in [6, 6.07) is 14.7. The van der Waals surface area contributed by atoms with Crippen LogP contribution in [0.5, 0.6) is 5.75 Å². The van der Waals surface area contributed by atoms with Gasteiger partial charge in [-0.1, -0.05) is 29.8 Å². The first-order valence-corrected chi connectivity index (χ1v) is 8.43. The van der Waals surface area contributed by atoms with Gasteiger partial charge in [-0.15, -0.1) is 0 Å². The highest BCUT2D eigenvalue weighted by atomic mass is 16.6. The highest BCUT2D eigenvalue weighted by Crippen LogP contribution is 2.11. The lowest BCUT2D eigenvalue weighted by Gasteiger charge is -2.08. The van der Waals surface area contributed by atoms with E-state index in [-0.39, 0.29) is 18.8 Å². The number of aryl methyl sites for hydroxylation is 2. The predicted molar refractivity (Wildman–Crippen MR) is 98.3 cm³/mol. The Morgan fingerprint density at radius 3 is 2.69 bits per heavy atom. The first-order valence-electron chi connectivity index (χ1n) is 8.43. The van der Waals surface area contributed by atoms with E-state index in [1.807, 2.05) is 43.3 Å². The standard InChI is InChI=1S/C20H20N2O4/c1-15-7-9-16(10-8-15)26-13-19(23)25-12-4-11-22-14-21-18-6-3-2-5-17(18)20(22)24/h2-3,5-10,14H,4,11-13H2,1H3. The Labute approximate surface area is 151 Å². The van der Waals surface area contributed by atoms with E-state index < -0.39 is 5.97 Å². The smallest absolute Gasteiger partial charge is 0.344 e. The molecule has 0 unspecified atom stereocenters. The number of hydrogen-bond donors (Lipinski definition) is 0. The van der Waals surface area contributed by atoms with Crippen molar-refractivity contribution in [1.29, 1.82) is 0 Å². The van der Waals surface area contributed by atoms with Crippen molar-refractivity contribution >= 4 is 16.9 Å². The number of aromatic nitrogens is 2. The molecular weight excluding hydrogens is 332 g/mol. The fourth-order valence-electron chi connectivity index (χ4n) is 2.50. The number of rotatable bonds is 7. The molecule has 2 aromatic carbocycles. The highest BCUT2D eigenvalue weighted by molar-refractivity contribution is 5.76. The van der Waals surface area contributed by atoms with Gasteiger partial charge in [0.2, 0.25) is 0 Å². The summed E-state index contributed by atoms with van der Waals surface area (Å²) < 4.78 is 12.0. The van der Waals surface area contributed by atoms with Crippen LogP contribution in [0.15, 0.2) is 59.7 Å². The van der Waals surface area contributed by atoms with Gasteiger partial charge < -0.3 is 9.47 Å². The summed E-state index contributed by atoms with van der Waals surface area (Å²) in [5.41, 5.74) is 1.71. The molecule has 0 atom stereocenters. The van der Waals surface area contributed by atoms with Crippen LogP contribution in [0, 0.1) is 6.92 Å². The van der Waals surface area contributed by atoms with E-state index in [9.17, 15) is 9.59 Å². The van der Waals surface area contributed by atoms with Crippen LogP contribution in [0.1, 0.15) is 12.0 Å². The average molecular weight is 352 g/mol.